The quantitative estimate of drug-likeness (QED) is 0.492. The first kappa shape index (κ1) is 18.7. The highest BCUT2D eigenvalue weighted by molar-refractivity contribution is 5.83. The van der Waals surface area contributed by atoms with Crippen LogP contribution in [0.25, 0.3) is 0 Å². The minimum atomic E-state index is 0.274. The van der Waals surface area contributed by atoms with E-state index in [0.717, 1.165) is 49.9 Å². The van der Waals surface area contributed by atoms with Gasteiger partial charge in [0, 0.05) is 36.6 Å². The van der Waals surface area contributed by atoms with Crippen molar-refractivity contribution in [1.29, 1.82) is 0 Å². The van der Waals surface area contributed by atoms with Gasteiger partial charge in [0.25, 0.3) is 0 Å². The van der Waals surface area contributed by atoms with Gasteiger partial charge in [-0.3, -0.25) is 9.98 Å². The van der Waals surface area contributed by atoms with Gasteiger partial charge < -0.3 is 10.2 Å². The van der Waals surface area contributed by atoms with Crippen molar-refractivity contribution >= 4 is 12.4 Å². The first-order valence-electron chi connectivity index (χ1n) is 8.83. The van der Waals surface area contributed by atoms with E-state index in [4.69, 9.17) is 0 Å². The minimum absolute atomic E-state index is 0.274. The number of phenolic OH excluding ortho intramolecular Hbond substituents is 2. The average molecular weight is 338 g/mol. The molecule has 0 aromatic heterocycles. The number of aromatic hydroxyl groups is 2. The zero-order valence-corrected chi connectivity index (χ0v) is 14.5. The fourth-order valence-corrected chi connectivity index (χ4v) is 2.46. The van der Waals surface area contributed by atoms with Gasteiger partial charge in [0.05, 0.1) is 0 Å². The molecule has 0 aliphatic heterocycles. The maximum atomic E-state index is 9.63. The summed E-state index contributed by atoms with van der Waals surface area (Å²) in [7, 11) is 0. The molecule has 0 aliphatic carbocycles. The number of rotatable bonds is 10. The molecule has 2 N–H and O–H groups in total. The Morgan fingerprint density at radius 1 is 0.600 bits per heavy atom. The summed E-state index contributed by atoms with van der Waals surface area (Å²) in [5.74, 6) is 0.547. The highest BCUT2D eigenvalue weighted by Crippen LogP contribution is 2.13. The summed E-state index contributed by atoms with van der Waals surface area (Å²) < 4.78 is 0. The second-order valence-corrected chi connectivity index (χ2v) is 5.96. The predicted octanol–water partition coefficient (Wildman–Crippen LogP) is 4.59. The number of aliphatic imine (C=N–C) groups is 2. The van der Waals surface area contributed by atoms with Crippen LogP contribution in [0.2, 0.25) is 0 Å². The monoisotopic (exact) mass is 338 g/mol. The summed E-state index contributed by atoms with van der Waals surface area (Å²) in [6, 6.07) is 14.4. The molecule has 0 unspecified atom stereocenters. The average Bonchev–Trinajstić information content (AvgIpc) is 2.62. The van der Waals surface area contributed by atoms with Crippen LogP contribution in [0.3, 0.4) is 0 Å². The molecule has 0 saturated heterocycles. The van der Waals surface area contributed by atoms with Crippen LogP contribution in [-0.4, -0.2) is 35.7 Å². The number of para-hydroxylation sites is 2. The molecule has 132 valence electrons. The molecule has 0 spiro atoms. The highest BCUT2D eigenvalue weighted by Gasteiger charge is 1.95. The van der Waals surface area contributed by atoms with Crippen LogP contribution in [0.4, 0.5) is 0 Å². The molecule has 2 aromatic rings. The molecule has 0 heterocycles. The predicted molar refractivity (Wildman–Crippen MR) is 104 cm³/mol. The van der Waals surface area contributed by atoms with Gasteiger partial charge in [-0.15, -0.1) is 0 Å². The Kier molecular flexibility index (Phi) is 8.25. The summed E-state index contributed by atoms with van der Waals surface area (Å²) in [6.45, 7) is 1.58. The van der Waals surface area contributed by atoms with Crippen LogP contribution < -0.4 is 0 Å². The third-order valence-corrected chi connectivity index (χ3v) is 3.91. The third-order valence-electron chi connectivity index (χ3n) is 3.91. The molecule has 4 heteroatoms. The lowest BCUT2D eigenvalue weighted by molar-refractivity contribution is 0.474. The first-order valence-corrected chi connectivity index (χ1v) is 8.83. The van der Waals surface area contributed by atoms with Crippen molar-refractivity contribution in [2.45, 2.75) is 32.1 Å². The first-order chi connectivity index (χ1) is 12.3. The Morgan fingerprint density at radius 3 is 1.44 bits per heavy atom. The van der Waals surface area contributed by atoms with E-state index in [1.807, 2.05) is 24.3 Å². The van der Waals surface area contributed by atoms with E-state index >= 15 is 0 Å². The molecule has 0 atom stereocenters. The van der Waals surface area contributed by atoms with E-state index in [-0.39, 0.29) is 11.5 Å². The molecule has 0 aliphatic rings. The summed E-state index contributed by atoms with van der Waals surface area (Å²) >= 11 is 0. The molecule has 2 aromatic carbocycles. The molecule has 0 bridgehead atoms. The van der Waals surface area contributed by atoms with Crippen molar-refractivity contribution in [3.05, 3.63) is 59.7 Å². The molecule has 25 heavy (non-hydrogen) atoms. The van der Waals surface area contributed by atoms with Gasteiger partial charge in [-0.1, -0.05) is 43.5 Å². The van der Waals surface area contributed by atoms with Crippen molar-refractivity contribution in [3.63, 3.8) is 0 Å². The van der Waals surface area contributed by atoms with Crippen molar-refractivity contribution < 1.29 is 10.2 Å². The SMILES string of the molecule is Oc1ccccc1C=NCCCCCCCN=Cc1ccccc1O. The van der Waals surface area contributed by atoms with E-state index < -0.39 is 0 Å². The highest BCUT2D eigenvalue weighted by atomic mass is 16.3. The van der Waals surface area contributed by atoms with Crippen molar-refractivity contribution in [2.75, 3.05) is 13.1 Å². The van der Waals surface area contributed by atoms with Gasteiger partial charge in [0.15, 0.2) is 0 Å². The number of unbranched alkanes of at least 4 members (excludes halogenated alkanes) is 4. The van der Waals surface area contributed by atoms with Crippen molar-refractivity contribution in [3.8, 4) is 11.5 Å². The second-order valence-electron chi connectivity index (χ2n) is 5.96. The molecule has 0 radical (unpaired) electrons. The largest absolute Gasteiger partial charge is 0.507 e. The van der Waals surface area contributed by atoms with Gasteiger partial charge in [-0.05, 0) is 37.1 Å². The Balaban J connectivity index is 1.50. The smallest absolute Gasteiger partial charge is 0.124 e. The van der Waals surface area contributed by atoms with E-state index in [2.05, 4.69) is 9.98 Å². The van der Waals surface area contributed by atoms with E-state index in [1.165, 1.54) is 6.42 Å². The normalized spacial score (nSPS) is 11.5. The zero-order valence-electron chi connectivity index (χ0n) is 14.5. The maximum Gasteiger partial charge on any atom is 0.124 e. The van der Waals surface area contributed by atoms with Crippen LogP contribution in [0, 0.1) is 0 Å². The van der Waals surface area contributed by atoms with Crippen molar-refractivity contribution in [2.24, 2.45) is 9.98 Å². The molecule has 2 rings (SSSR count). The van der Waals surface area contributed by atoms with Gasteiger partial charge in [-0.2, -0.15) is 0 Å². The van der Waals surface area contributed by atoms with Crippen LogP contribution in [0.15, 0.2) is 58.5 Å². The number of phenols is 2. The Bertz CT molecular complexity index is 636. The summed E-state index contributed by atoms with van der Waals surface area (Å²) in [4.78, 5) is 8.72. The molecule has 0 amide bonds. The Hall–Kier alpha value is -2.62. The maximum absolute atomic E-state index is 9.63. The lowest BCUT2D eigenvalue weighted by Gasteiger charge is -2.00. The minimum Gasteiger partial charge on any atom is -0.507 e. The third kappa shape index (κ3) is 7.21. The van der Waals surface area contributed by atoms with Gasteiger partial charge in [0.2, 0.25) is 0 Å². The lowest BCUT2D eigenvalue weighted by Crippen LogP contribution is -1.88. The molecule has 4 nitrogen and oxygen atoms in total. The fraction of sp³-hybridized carbons (Fsp3) is 0.333. The van der Waals surface area contributed by atoms with Crippen LogP contribution in [-0.2, 0) is 0 Å². The molecule has 0 fully saturated rings. The van der Waals surface area contributed by atoms with Crippen LogP contribution in [0.5, 0.6) is 11.5 Å². The van der Waals surface area contributed by atoms with Crippen molar-refractivity contribution in [1.82, 2.24) is 0 Å². The van der Waals surface area contributed by atoms with E-state index in [0.29, 0.717) is 0 Å². The fourth-order valence-electron chi connectivity index (χ4n) is 2.46. The second kappa shape index (κ2) is 11.0. The van der Waals surface area contributed by atoms with E-state index in [9.17, 15) is 10.2 Å². The lowest BCUT2D eigenvalue weighted by atomic mass is 10.1. The number of nitrogens with zero attached hydrogens (tertiary/aromatic N) is 2. The molecular formula is C21H26N2O2. The van der Waals surface area contributed by atoms with E-state index in [1.54, 1.807) is 36.7 Å². The number of hydrogen-bond acceptors (Lipinski definition) is 4. The van der Waals surface area contributed by atoms with Gasteiger partial charge >= 0.3 is 0 Å². The Morgan fingerprint density at radius 2 is 1.00 bits per heavy atom. The standard InChI is InChI=1S/C21H26N2O2/c24-20-12-6-4-10-18(20)16-22-14-8-2-1-3-9-15-23-17-19-11-5-7-13-21(19)25/h4-7,10-13,16-17,24-25H,1-3,8-9,14-15H2. The summed E-state index contributed by atoms with van der Waals surface area (Å²) in [5.41, 5.74) is 1.54. The zero-order chi connectivity index (χ0) is 17.7. The van der Waals surface area contributed by atoms with Gasteiger partial charge in [-0.25, -0.2) is 0 Å². The van der Waals surface area contributed by atoms with Crippen LogP contribution in [0.1, 0.15) is 43.2 Å². The summed E-state index contributed by atoms with van der Waals surface area (Å²) in [6.07, 6.45) is 9.09. The number of benzene rings is 2. The topological polar surface area (TPSA) is 65.2 Å². The van der Waals surface area contributed by atoms with Gasteiger partial charge in [0.1, 0.15) is 11.5 Å². The Labute approximate surface area is 149 Å². The van der Waals surface area contributed by atoms with Crippen LogP contribution >= 0.6 is 0 Å². The summed E-state index contributed by atoms with van der Waals surface area (Å²) in [5, 5.41) is 19.3. The molecular weight excluding hydrogens is 312 g/mol. The number of hydrogen-bond donors (Lipinski definition) is 2. The molecule has 0 saturated carbocycles.